The van der Waals surface area contributed by atoms with Gasteiger partial charge in [0.2, 0.25) is 10.0 Å². The lowest BCUT2D eigenvalue weighted by atomic mass is 10.1. The van der Waals surface area contributed by atoms with Crippen LogP contribution in [0.3, 0.4) is 0 Å². The molecular formula is C17H24F2N2O3S. The molecule has 0 saturated heterocycles. The van der Waals surface area contributed by atoms with Gasteiger partial charge in [-0.15, -0.1) is 0 Å². The summed E-state index contributed by atoms with van der Waals surface area (Å²) in [7, 11) is -3.38. The second-order valence-corrected chi connectivity index (χ2v) is 8.34. The minimum absolute atomic E-state index is 0.000674. The molecule has 25 heavy (non-hydrogen) atoms. The Balaban J connectivity index is 1.96. The van der Waals surface area contributed by atoms with E-state index in [-0.39, 0.29) is 24.7 Å². The van der Waals surface area contributed by atoms with Gasteiger partial charge in [-0.05, 0) is 31.0 Å². The smallest absolute Gasteiger partial charge is 0.251 e. The zero-order valence-corrected chi connectivity index (χ0v) is 15.1. The number of nitrogens with one attached hydrogen (secondary N) is 1. The lowest BCUT2D eigenvalue weighted by molar-refractivity contribution is 0.0949. The van der Waals surface area contributed by atoms with Crippen LogP contribution in [0, 0.1) is 11.6 Å². The van der Waals surface area contributed by atoms with E-state index < -0.39 is 27.6 Å². The third-order valence-corrected chi connectivity index (χ3v) is 5.79. The Hall–Kier alpha value is -1.54. The molecule has 1 aromatic rings. The van der Waals surface area contributed by atoms with Gasteiger partial charge in [0.1, 0.15) is 0 Å². The second-order valence-electron chi connectivity index (χ2n) is 6.40. The lowest BCUT2D eigenvalue weighted by Gasteiger charge is -2.29. The summed E-state index contributed by atoms with van der Waals surface area (Å²) in [5.74, 6) is -2.68. The molecule has 8 heteroatoms. The quantitative estimate of drug-likeness (QED) is 0.779. The van der Waals surface area contributed by atoms with Crippen LogP contribution in [0.5, 0.6) is 0 Å². The van der Waals surface area contributed by atoms with Crippen molar-refractivity contribution in [3.05, 3.63) is 35.4 Å². The fraction of sp³-hybridized carbons (Fsp3) is 0.588. The van der Waals surface area contributed by atoms with E-state index in [9.17, 15) is 22.0 Å². The van der Waals surface area contributed by atoms with Gasteiger partial charge in [-0.2, -0.15) is 4.31 Å². The second kappa shape index (κ2) is 8.71. The molecule has 140 valence electrons. The topological polar surface area (TPSA) is 66.5 Å². The number of carbonyl (C=O) groups is 1. The summed E-state index contributed by atoms with van der Waals surface area (Å²) in [6, 6.07) is 2.86. The first kappa shape index (κ1) is 19.8. The Morgan fingerprint density at radius 2 is 1.80 bits per heavy atom. The Morgan fingerprint density at radius 1 is 1.16 bits per heavy atom. The third-order valence-electron chi connectivity index (χ3n) is 4.46. The highest BCUT2D eigenvalue weighted by Gasteiger charge is 2.27. The highest BCUT2D eigenvalue weighted by atomic mass is 32.2. The number of hydrogen-bond donors (Lipinski definition) is 1. The van der Waals surface area contributed by atoms with Crippen molar-refractivity contribution < 1.29 is 22.0 Å². The minimum atomic E-state index is -3.38. The SMILES string of the molecule is CS(=O)(=O)N(CCNC(=O)c1ccc(F)c(F)c1)C1CCCCCC1. The average molecular weight is 374 g/mol. The summed E-state index contributed by atoms with van der Waals surface area (Å²) in [5, 5.41) is 2.57. The Morgan fingerprint density at radius 3 is 2.36 bits per heavy atom. The van der Waals surface area contributed by atoms with Crippen LogP contribution in [0.25, 0.3) is 0 Å². The van der Waals surface area contributed by atoms with Crippen LogP contribution in [0.2, 0.25) is 0 Å². The molecular weight excluding hydrogens is 350 g/mol. The fourth-order valence-corrected chi connectivity index (χ4v) is 4.36. The largest absolute Gasteiger partial charge is 0.351 e. The van der Waals surface area contributed by atoms with Gasteiger partial charge in [-0.25, -0.2) is 17.2 Å². The number of benzene rings is 1. The maximum absolute atomic E-state index is 13.2. The molecule has 0 aromatic heterocycles. The highest BCUT2D eigenvalue weighted by molar-refractivity contribution is 7.88. The molecule has 1 fully saturated rings. The van der Waals surface area contributed by atoms with Crippen molar-refractivity contribution in [1.82, 2.24) is 9.62 Å². The van der Waals surface area contributed by atoms with E-state index in [1.165, 1.54) is 16.6 Å². The normalized spacial score (nSPS) is 16.6. The van der Waals surface area contributed by atoms with E-state index in [1.807, 2.05) is 0 Å². The molecule has 1 aromatic carbocycles. The summed E-state index contributed by atoms with van der Waals surface area (Å²) in [6.07, 6.45) is 7.04. The van der Waals surface area contributed by atoms with E-state index in [2.05, 4.69) is 5.32 Å². The Labute approximate surface area is 147 Å². The monoisotopic (exact) mass is 374 g/mol. The zero-order valence-electron chi connectivity index (χ0n) is 14.3. The van der Waals surface area contributed by atoms with E-state index in [4.69, 9.17) is 0 Å². The van der Waals surface area contributed by atoms with Gasteiger partial charge in [-0.1, -0.05) is 25.7 Å². The molecule has 0 unspecified atom stereocenters. The molecule has 2 rings (SSSR count). The van der Waals surface area contributed by atoms with Crippen molar-refractivity contribution in [3.8, 4) is 0 Å². The predicted octanol–water partition coefficient (Wildman–Crippen LogP) is 2.68. The molecule has 1 N–H and O–H groups in total. The van der Waals surface area contributed by atoms with Gasteiger partial charge in [0.05, 0.1) is 6.26 Å². The van der Waals surface area contributed by atoms with Gasteiger partial charge in [-0.3, -0.25) is 4.79 Å². The zero-order chi connectivity index (χ0) is 18.4. The summed E-state index contributed by atoms with van der Waals surface area (Å²) in [6.45, 7) is 0.278. The maximum Gasteiger partial charge on any atom is 0.251 e. The predicted molar refractivity (Wildman–Crippen MR) is 91.7 cm³/mol. The number of hydrogen-bond acceptors (Lipinski definition) is 3. The van der Waals surface area contributed by atoms with Gasteiger partial charge in [0.15, 0.2) is 11.6 Å². The number of carbonyl (C=O) groups excluding carboxylic acids is 1. The van der Waals surface area contributed by atoms with Crippen LogP contribution < -0.4 is 5.32 Å². The van der Waals surface area contributed by atoms with Crippen molar-refractivity contribution >= 4 is 15.9 Å². The van der Waals surface area contributed by atoms with Crippen LogP contribution in [0.1, 0.15) is 48.9 Å². The number of amides is 1. The Kier molecular flexibility index (Phi) is 6.89. The summed E-state index contributed by atoms with van der Waals surface area (Å²) < 4.78 is 51.7. The van der Waals surface area contributed by atoms with E-state index in [0.717, 1.165) is 50.7 Å². The molecule has 0 atom stereocenters. The van der Waals surface area contributed by atoms with E-state index in [1.54, 1.807) is 0 Å². The number of rotatable bonds is 6. The average Bonchev–Trinajstić information content (AvgIpc) is 2.81. The maximum atomic E-state index is 13.2. The van der Waals surface area contributed by atoms with Crippen LogP contribution in [-0.4, -0.2) is 44.0 Å². The Bertz CT molecular complexity index is 702. The molecule has 1 amide bonds. The molecule has 0 heterocycles. The van der Waals surface area contributed by atoms with Crippen LogP contribution >= 0.6 is 0 Å². The standard InChI is InChI=1S/C17H24F2N2O3S/c1-25(23,24)21(14-6-4-2-3-5-7-14)11-10-20-17(22)13-8-9-15(18)16(19)12-13/h8-9,12,14H,2-7,10-11H2,1H3,(H,20,22). The van der Waals surface area contributed by atoms with Crippen LogP contribution in [0.4, 0.5) is 8.78 Å². The minimum Gasteiger partial charge on any atom is -0.351 e. The first-order valence-electron chi connectivity index (χ1n) is 8.49. The van der Waals surface area contributed by atoms with Crippen molar-refractivity contribution in [2.24, 2.45) is 0 Å². The molecule has 1 aliphatic rings. The number of halogens is 2. The van der Waals surface area contributed by atoms with Gasteiger partial charge < -0.3 is 5.32 Å². The number of nitrogens with zero attached hydrogens (tertiary/aromatic N) is 1. The van der Waals surface area contributed by atoms with Gasteiger partial charge in [0, 0.05) is 24.7 Å². The molecule has 0 aliphatic heterocycles. The molecule has 1 aliphatic carbocycles. The first-order valence-corrected chi connectivity index (χ1v) is 10.3. The molecule has 5 nitrogen and oxygen atoms in total. The third kappa shape index (κ3) is 5.74. The van der Waals surface area contributed by atoms with E-state index >= 15 is 0 Å². The van der Waals surface area contributed by atoms with Gasteiger partial charge in [0.25, 0.3) is 5.91 Å². The lowest BCUT2D eigenvalue weighted by Crippen LogP contribution is -2.44. The highest BCUT2D eigenvalue weighted by Crippen LogP contribution is 2.23. The molecule has 0 spiro atoms. The summed E-state index contributed by atoms with van der Waals surface area (Å²) >= 11 is 0. The summed E-state index contributed by atoms with van der Waals surface area (Å²) in [4.78, 5) is 12.0. The summed E-state index contributed by atoms with van der Waals surface area (Å²) in [5.41, 5.74) is -0.000674. The molecule has 0 bridgehead atoms. The van der Waals surface area contributed by atoms with Gasteiger partial charge >= 0.3 is 0 Å². The van der Waals surface area contributed by atoms with Crippen molar-refractivity contribution in [3.63, 3.8) is 0 Å². The van der Waals surface area contributed by atoms with E-state index in [0.29, 0.717) is 0 Å². The van der Waals surface area contributed by atoms with Crippen LogP contribution in [-0.2, 0) is 10.0 Å². The molecule has 1 saturated carbocycles. The molecule has 0 radical (unpaired) electrons. The first-order chi connectivity index (χ1) is 11.8. The van der Waals surface area contributed by atoms with Crippen LogP contribution in [0.15, 0.2) is 18.2 Å². The van der Waals surface area contributed by atoms with Crippen molar-refractivity contribution in [2.45, 2.75) is 44.6 Å². The fourth-order valence-electron chi connectivity index (χ4n) is 3.18. The van der Waals surface area contributed by atoms with Crippen molar-refractivity contribution in [2.75, 3.05) is 19.3 Å². The van der Waals surface area contributed by atoms with Crippen molar-refractivity contribution in [1.29, 1.82) is 0 Å². The number of sulfonamides is 1.